The van der Waals surface area contributed by atoms with Crippen molar-refractivity contribution in [1.82, 2.24) is 0 Å². The molecule has 0 aromatic rings. The average Bonchev–Trinajstić information content (AvgIpc) is 1.86. The van der Waals surface area contributed by atoms with Crippen LogP contribution >= 0.6 is 0 Å². The van der Waals surface area contributed by atoms with Gasteiger partial charge in [-0.05, 0) is 13.3 Å². The highest BCUT2D eigenvalue weighted by molar-refractivity contribution is 7.87. The van der Waals surface area contributed by atoms with Gasteiger partial charge in [0.2, 0.25) is 0 Å². The van der Waals surface area contributed by atoms with Crippen LogP contribution in [0.3, 0.4) is 0 Å². The van der Waals surface area contributed by atoms with Crippen molar-refractivity contribution < 1.29 is 18.0 Å². The van der Waals surface area contributed by atoms with Gasteiger partial charge in [0.15, 0.2) is 0 Å². The zero-order valence-electron chi connectivity index (χ0n) is 5.36. The second-order valence-corrected chi connectivity index (χ2v) is 3.73. The van der Waals surface area contributed by atoms with E-state index < -0.39 is 15.4 Å². The zero-order valence-corrected chi connectivity index (χ0v) is 6.18. The molecule has 0 amide bonds. The first kappa shape index (κ1) is 8.87. The van der Waals surface area contributed by atoms with Crippen molar-refractivity contribution in [2.24, 2.45) is 0 Å². The Hall–Kier alpha value is -0.130. The third-order valence-corrected chi connectivity index (χ3v) is 2.70. The van der Waals surface area contributed by atoms with Crippen molar-refractivity contribution in [3.8, 4) is 0 Å². The Labute approximate surface area is 54.5 Å². The smallest absolute Gasteiger partial charge is 0.235 e. The molecule has 0 aromatic carbocycles. The molecule has 0 aliphatic carbocycles. The first-order chi connectivity index (χ1) is 4.04. The molecular formula is C4H10O4S. The third-order valence-electron chi connectivity index (χ3n) is 1.17. The summed E-state index contributed by atoms with van der Waals surface area (Å²) in [6.07, 6.45) is 0.433. The predicted molar refractivity (Wildman–Crippen MR) is 32.4 cm³/mol. The molecule has 0 aliphatic rings. The lowest BCUT2D eigenvalue weighted by atomic mass is 10.4. The first-order valence-electron chi connectivity index (χ1n) is 2.61. The van der Waals surface area contributed by atoms with Crippen molar-refractivity contribution >= 4 is 10.1 Å². The molecule has 1 atom stereocenters. The van der Waals surface area contributed by atoms with Crippen molar-refractivity contribution in [2.75, 3.05) is 0 Å². The van der Waals surface area contributed by atoms with Gasteiger partial charge in [-0.2, -0.15) is 8.42 Å². The van der Waals surface area contributed by atoms with E-state index in [9.17, 15) is 8.42 Å². The van der Waals surface area contributed by atoms with Crippen LogP contribution in [0.1, 0.15) is 20.3 Å². The van der Waals surface area contributed by atoms with Crippen LogP contribution in [-0.2, 0) is 14.5 Å². The van der Waals surface area contributed by atoms with Crippen LogP contribution in [0, 0.1) is 0 Å². The largest absolute Gasteiger partial charge is 0.295 e. The molecule has 1 N–H and O–H groups in total. The summed E-state index contributed by atoms with van der Waals surface area (Å²) in [5.41, 5.74) is 0. The van der Waals surface area contributed by atoms with E-state index in [0.29, 0.717) is 6.42 Å². The van der Waals surface area contributed by atoms with Crippen molar-refractivity contribution in [3.63, 3.8) is 0 Å². The van der Waals surface area contributed by atoms with Crippen LogP contribution < -0.4 is 0 Å². The van der Waals surface area contributed by atoms with E-state index in [1.54, 1.807) is 6.92 Å². The molecule has 0 radical (unpaired) electrons. The van der Waals surface area contributed by atoms with Gasteiger partial charge in [-0.1, -0.05) is 6.92 Å². The van der Waals surface area contributed by atoms with Crippen LogP contribution in [0.4, 0.5) is 0 Å². The predicted octanol–water partition coefficient (Wildman–Crippen LogP) is 0.604. The Bertz CT molecular complexity index is 159. The molecule has 0 bridgehead atoms. The maximum atomic E-state index is 10.5. The molecule has 9 heavy (non-hydrogen) atoms. The summed E-state index contributed by atoms with van der Waals surface area (Å²) in [6, 6.07) is 0. The van der Waals surface area contributed by atoms with E-state index in [4.69, 9.17) is 5.26 Å². The number of hydrogen-bond donors (Lipinski definition) is 1. The highest BCUT2D eigenvalue weighted by atomic mass is 32.2. The van der Waals surface area contributed by atoms with Crippen LogP contribution in [0.25, 0.3) is 0 Å². The molecule has 0 saturated carbocycles. The topological polar surface area (TPSA) is 63.6 Å². The molecule has 4 nitrogen and oxygen atoms in total. The zero-order chi connectivity index (χ0) is 7.49. The van der Waals surface area contributed by atoms with Gasteiger partial charge in [0.1, 0.15) is 0 Å². The Morgan fingerprint density at radius 3 is 2.22 bits per heavy atom. The summed E-state index contributed by atoms with van der Waals surface area (Å²) in [5, 5.41) is 7.17. The normalized spacial score (nSPS) is 15.4. The Morgan fingerprint density at radius 2 is 2.11 bits per heavy atom. The van der Waals surface area contributed by atoms with Gasteiger partial charge in [0, 0.05) is 0 Å². The minimum atomic E-state index is -3.69. The lowest BCUT2D eigenvalue weighted by Gasteiger charge is -2.03. The fraction of sp³-hybridized carbons (Fsp3) is 1.00. The quantitative estimate of drug-likeness (QED) is 0.477. The Balaban J connectivity index is 4.17. The van der Waals surface area contributed by atoms with Crippen LogP contribution in [0.15, 0.2) is 0 Å². The van der Waals surface area contributed by atoms with E-state index in [-0.39, 0.29) is 0 Å². The van der Waals surface area contributed by atoms with Crippen molar-refractivity contribution in [3.05, 3.63) is 0 Å². The monoisotopic (exact) mass is 154 g/mol. The van der Waals surface area contributed by atoms with E-state index in [2.05, 4.69) is 4.33 Å². The van der Waals surface area contributed by atoms with E-state index in [1.165, 1.54) is 6.92 Å². The Morgan fingerprint density at radius 1 is 1.67 bits per heavy atom. The molecule has 0 aliphatic heterocycles. The SMILES string of the molecule is CCC(C)S(=O)(=O)OO. The lowest BCUT2D eigenvalue weighted by molar-refractivity contribution is -0.131. The average molecular weight is 154 g/mol. The van der Waals surface area contributed by atoms with Gasteiger partial charge < -0.3 is 0 Å². The van der Waals surface area contributed by atoms with Crippen LogP contribution in [-0.4, -0.2) is 18.9 Å². The molecule has 0 heterocycles. The van der Waals surface area contributed by atoms with E-state index in [0.717, 1.165) is 0 Å². The molecule has 0 spiro atoms. The fourth-order valence-electron chi connectivity index (χ4n) is 0.278. The molecule has 0 saturated heterocycles. The van der Waals surface area contributed by atoms with E-state index >= 15 is 0 Å². The van der Waals surface area contributed by atoms with Crippen LogP contribution in [0.2, 0.25) is 0 Å². The maximum Gasteiger partial charge on any atom is 0.295 e. The summed E-state index contributed by atoms with van der Waals surface area (Å²) < 4.78 is 24.2. The first-order valence-corrected chi connectivity index (χ1v) is 4.08. The van der Waals surface area contributed by atoms with Gasteiger partial charge in [0.25, 0.3) is 10.1 Å². The summed E-state index contributed by atoms with van der Waals surface area (Å²) in [4.78, 5) is 0. The maximum absolute atomic E-state index is 10.5. The van der Waals surface area contributed by atoms with Crippen LogP contribution in [0.5, 0.6) is 0 Å². The summed E-state index contributed by atoms with van der Waals surface area (Å²) in [7, 11) is -3.69. The molecular weight excluding hydrogens is 144 g/mol. The second-order valence-electron chi connectivity index (χ2n) is 1.79. The van der Waals surface area contributed by atoms with Crippen molar-refractivity contribution in [2.45, 2.75) is 25.5 Å². The second kappa shape index (κ2) is 3.14. The number of rotatable bonds is 3. The minimum absolute atomic E-state index is 0.433. The lowest BCUT2D eigenvalue weighted by Crippen LogP contribution is -2.17. The van der Waals surface area contributed by atoms with Crippen molar-refractivity contribution in [1.29, 1.82) is 0 Å². The molecule has 0 aromatic heterocycles. The molecule has 5 heteroatoms. The number of hydrogen-bond acceptors (Lipinski definition) is 4. The standard InChI is InChI=1S/C4H10O4S/c1-3-4(2)9(6,7)8-5/h4-5H,3H2,1-2H3. The highest BCUT2D eigenvalue weighted by Gasteiger charge is 2.18. The molecule has 0 fully saturated rings. The minimum Gasteiger partial charge on any atom is -0.235 e. The summed E-state index contributed by atoms with van der Waals surface area (Å²) in [5.74, 6) is 0. The molecule has 56 valence electrons. The van der Waals surface area contributed by atoms with Gasteiger partial charge in [-0.3, -0.25) is 0 Å². The Kier molecular flexibility index (Phi) is 3.10. The van der Waals surface area contributed by atoms with Gasteiger partial charge in [-0.15, -0.1) is 4.33 Å². The van der Waals surface area contributed by atoms with Gasteiger partial charge in [-0.25, -0.2) is 5.26 Å². The van der Waals surface area contributed by atoms with Gasteiger partial charge in [0.05, 0.1) is 5.25 Å². The van der Waals surface area contributed by atoms with E-state index in [1.807, 2.05) is 0 Å². The summed E-state index contributed by atoms with van der Waals surface area (Å²) in [6.45, 7) is 3.16. The highest BCUT2D eigenvalue weighted by Crippen LogP contribution is 2.04. The fourth-order valence-corrected chi connectivity index (χ4v) is 0.833. The summed E-state index contributed by atoms with van der Waals surface area (Å²) >= 11 is 0. The third kappa shape index (κ3) is 2.30. The van der Waals surface area contributed by atoms with Gasteiger partial charge >= 0.3 is 0 Å². The molecule has 1 unspecified atom stereocenters. The molecule has 0 rings (SSSR count).